The Bertz CT molecular complexity index is 994. The van der Waals surface area contributed by atoms with E-state index in [0.717, 1.165) is 23.1 Å². The summed E-state index contributed by atoms with van der Waals surface area (Å²) in [4.78, 5) is 13.9. The Hall–Kier alpha value is -3.07. The molecular weight excluding hydrogens is 409 g/mol. The molecule has 0 aliphatic carbocycles. The number of nitrogens with zero attached hydrogens (tertiary/aromatic N) is 3. The van der Waals surface area contributed by atoms with Gasteiger partial charge in [0, 0.05) is 19.2 Å². The second kappa shape index (κ2) is 10.1. The molecule has 2 aromatic carbocycles. The lowest BCUT2D eigenvalue weighted by Crippen LogP contribution is -2.27. The molecule has 30 heavy (non-hydrogen) atoms. The van der Waals surface area contributed by atoms with Gasteiger partial charge in [-0.05, 0) is 48.9 Å². The van der Waals surface area contributed by atoms with Crippen LogP contribution in [0.1, 0.15) is 12.5 Å². The molecule has 9 heteroatoms. The number of rotatable bonds is 9. The van der Waals surface area contributed by atoms with Crippen LogP contribution in [-0.4, -0.2) is 47.5 Å². The molecule has 3 rings (SSSR count). The van der Waals surface area contributed by atoms with E-state index in [1.807, 2.05) is 31.2 Å². The summed E-state index contributed by atoms with van der Waals surface area (Å²) < 4.78 is 29.7. The van der Waals surface area contributed by atoms with E-state index in [4.69, 9.17) is 13.9 Å². The van der Waals surface area contributed by atoms with Crippen molar-refractivity contribution in [3.8, 4) is 23.0 Å². The van der Waals surface area contributed by atoms with Gasteiger partial charge in [0.15, 0.2) is 11.6 Å². The van der Waals surface area contributed by atoms with Crippen molar-refractivity contribution in [2.24, 2.45) is 0 Å². The van der Waals surface area contributed by atoms with Crippen molar-refractivity contribution in [2.45, 2.75) is 18.7 Å². The van der Waals surface area contributed by atoms with Crippen molar-refractivity contribution in [2.75, 3.05) is 26.5 Å². The first-order chi connectivity index (χ1) is 14.5. The smallest absolute Gasteiger partial charge is 0.277 e. The van der Waals surface area contributed by atoms with Crippen LogP contribution in [-0.2, 0) is 11.3 Å². The number of methoxy groups -OCH3 is 1. The van der Waals surface area contributed by atoms with Gasteiger partial charge >= 0.3 is 0 Å². The van der Waals surface area contributed by atoms with E-state index in [0.29, 0.717) is 23.3 Å². The number of amides is 1. The highest BCUT2D eigenvalue weighted by atomic mass is 32.2. The van der Waals surface area contributed by atoms with Crippen LogP contribution in [0.4, 0.5) is 4.39 Å². The number of hydrogen-bond acceptors (Lipinski definition) is 7. The van der Waals surface area contributed by atoms with E-state index in [1.54, 1.807) is 19.2 Å². The van der Waals surface area contributed by atoms with E-state index in [-0.39, 0.29) is 24.0 Å². The number of thioether (sulfide) groups is 1. The highest BCUT2D eigenvalue weighted by Crippen LogP contribution is 2.25. The van der Waals surface area contributed by atoms with Crippen molar-refractivity contribution in [1.29, 1.82) is 0 Å². The highest BCUT2D eigenvalue weighted by molar-refractivity contribution is 7.99. The molecule has 0 spiro atoms. The van der Waals surface area contributed by atoms with E-state index in [2.05, 4.69) is 10.2 Å². The second-order valence-electron chi connectivity index (χ2n) is 6.34. The monoisotopic (exact) mass is 431 g/mol. The van der Waals surface area contributed by atoms with Crippen LogP contribution < -0.4 is 9.47 Å². The first-order valence-electron chi connectivity index (χ1n) is 9.26. The van der Waals surface area contributed by atoms with Crippen LogP contribution in [0.2, 0.25) is 0 Å². The third-order valence-electron chi connectivity index (χ3n) is 4.20. The molecule has 0 aliphatic rings. The van der Waals surface area contributed by atoms with Gasteiger partial charge in [-0.2, -0.15) is 0 Å². The number of aromatic nitrogens is 2. The fourth-order valence-corrected chi connectivity index (χ4v) is 3.35. The molecule has 0 atom stereocenters. The number of halogens is 1. The normalized spacial score (nSPS) is 10.7. The third-order valence-corrected chi connectivity index (χ3v) is 5.00. The standard InChI is InChI=1S/C21H22FN3O4S/c1-4-28-16-8-6-15(7-9-16)20-23-24-21(29-20)30-13-19(26)25(2)12-14-5-10-18(27-3)17(22)11-14/h5-11H,4,12-13H2,1-3H3. The number of carbonyl (C=O) groups is 1. The second-order valence-corrected chi connectivity index (χ2v) is 7.26. The van der Waals surface area contributed by atoms with E-state index in [9.17, 15) is 9.18 Å². The lowest BCUT2D eigenvalue weighted by atomic mass is 10.2. The van der Waals surface area contributed by atoms with Crippen molar-refractivity contribution < 1.29 is 23.1 Å². The maximum atomic E-state index is 13.8. The van der Waals surface area contributed by atoms with Crippen molar-refractivity contribution in [1.82, 2.24) is 15.1 Å². The summed E-state index contributed by atoms with van der Waals surface area (Å²) in [7, 11) is 3.06. The number of carbonyl (C=O) groups excluding carboxylic acids is 1. The minimum absolute atomic E-state index is 0.125. The Morgan fingerprint density at radius 3 is 2.63 bits per heavy atom. The molecule has 158 valence electrons. The zero-order valence-corrected chi connectivity index (χ0v) is 17.7. The minimum atomic E-state index is -0.460. The molecule has 0 saturated heterocycles. The summed E-state index contributed by atoms with van der Waals surface area (Å²) in [5.74, 6) is 0.828. The molecule has 0 radical (unpaired) electrons. The summed E-state index contributed by atoms with van der Waals surface area (Å²) in [5.41, 5.74) is 1.44. The van der Waals surface area contributed by atoms with Gasteiger partial charge in [0.1, 0.15) is 5.75 Å². The molecule has 7 nitrogen and oxygen atoms in total. The van der Waals surface area contributed by atoms with E-state index >= 15 is 0 Å². The van der Waals surface area contributed by atoms with Gasteiger partial charge < -0.3 is 18.8 Å². The Kier molecular flexibility index (Phi) is 7.29. The van der Waals surface area contributed by atoms with Crippen LogP contribution in [0.15, 0.2) is 52.1 Å². The Labute approximate surface area is 178 Å². The predicted octanol–water partition coefficient (Wildman–Crippen LogP) is 4.03. The fourth-order valence-electron chi connectivity index (χ4n) is 2.65. The van der Waals surface area contributed by atoms with Gasteiger partial charge in [-0.3, -0.25) is 4.79 Å². The summed E-state index contributed by atoms with van der Waals surface area (Å²) in [6, 6.07) is 11.9. The SMILES string of the molecule is CCOc1ccc(-c2nnc(SCC(=O)N(C)Cc3ccc(OC)c(F)c3)o2)cc1. The minimum Gasteiger partial charge on any atom is -0.494 e. The molecule has 0 aliphatic heterocycles. The lowest BCUT2D eigenvalue weighted by molar-refractivity contribution is -0.127. The van der Waals surface area contributed by atoms with Crippen LogP contribution in [0.25, 0.3) is 11.5 Å². The molecule has 0 N–H and O–H groups in total. The van der Waals surface area contributed by atoms with Crippen LogP contribution in [0, 0.1) is 5.82 Å². The molecule has 1 aromatic heterocycles. The van der Waals surface area contributed by atoms with Gasteiger partial charge in [-0.25, -0.2) is 4.39 Å². The van der Waals surface area contributed by atoms with Gasteiger partial charge in [0.05, 0.1) is 19.5 Å². The molecule has 0 saturated carbocycles. The predicted molar refractivity (Wildman–Crippen MR) is 111 cm³/mol. The molecule has 1 heterocycles. The van der Waals surface area contributed by atoms with Crippen LogP contribution in [0.5, 0.6) is 11.5 Å². The largest absolute Gasteiger partial charge is 0.494 e. The van der Waals surface area contributed by atoms with Crippen molar-refractivity contribution >= 4 is 17.7 Å². The Morgan fingerprint density at radius 1 is 1.20 bits per heavy atom. The van der Waals surface area contributed by atoms with Crippen molar-refractivity contribution in [3.05, 3.63) is 53.8 Å². The average molecular weight is 431 g/mol. The number of benzene rings is 2. The Morgan fingerprint density at radius 2 is 1.97 bits per heavy atom. The highest BCUT2D eigenvalue weighted by Gasteiger charge is 2.15. The van der Waals surface area contributed by atoms with Gasteiger partial charge in [0.2, 0.25) is 11.8 Å². The first-order valence-corrected chi connectivity index (χ1v) is 10.2. The summed E-state index contributed by atoms with van der Waals surface area (Å²) in [6.07, 6.45) is 0. The summed E-state index contributed by atoms with van der Waals surface area (Å²) >= 11 is 1.15. The molecule has 0 unspecified atom stereocenters. The van der Waals surface area contributed by atoms with E-state index in [1.165, 1.54) is 18.1 Å². The maximum absolute atomic E-state index is 13.8. The molecule has 0 fully saturated rings. The van der Waals surface area contributed by atoms with E-state index < -0.39 is 5.82 Å². The fraction of sp³-hybridized carbons (Fsp3) is 0.286. The first kappa shape index (κ1) is 21.6. The average Bonchev–Trinajstić information content (AvgIpc) is 3.22. The van der Waals surface area contributed by atoms with Crippen LogP contribution >= 0.6 is 11.8 Å². The molecule has 1 amide bonds. The van der Waals surface area contributed by atoms with Gasteiger partial charge in [-0.15, -0.1) is 10.2 Å². The van der Waals surface area contributed by atoms with Crippen molar-refractivity contribution in [3.63, 3.8) is 0 Å². The zero-order valence-electron chi connectivity index (χ0n) is 16.9. The number of ether oxygens (including phenoxy) is 2. The summed E-state index contributed by atoms with van der Waals surface area (Å²) in [6.45, 7) is 2.79. The lowest BCUT2D eigenvalue weighted by Gasteiger charge is -2.17. The quantitative estimate of drug-likeness (QED) is 0.473. The van der Waals surface area contributed by atoms with Gasteiger partial charge in [-0.1, -0.05) is 17.8 Å². The topological polar surface area (TPSA) is 77.7 Å². The van der Waals surface area contributed by atoms with Gasteiger partial charge in [0.25, 0.3) is 5.22 Å². The summed E-state index contributed by atoms with van der Waals surface area (Å²) in [5, 5.41) is 8.30. The molecular formula is C21H22FN3O4S. The molecule has 0 bridgehead atoms. The molecule has 3 aromatic rings. The maximum Gasteiger partial charge on any atom is 0.277 e. The Balaban J connectivity index is 1.53. The third kappa shape index (κ3) is 5.50. The zero-order chi connectivity index (χ0) is 21.5. The van der Waals surface area contributed by atoms with Crippen LogP contribution in [0.3, 0.4) is 0 Å². The number of hydrogen-bond donors (Lipinski definition) is 0.